The molecule has 2 amide bonds. The van der Waals surface area contributed by atoms with Gasteiger partial charge < -0.3 is 15.4 Å². The maximum absolute atomic E-state index is 12.5. The molecule has 0 aliphatic carbocycles. The highest BCUT2D eigenvalue weighted by molar-refractivity contribution is 9.10. The standard InChI is InChI=1S/C24H22BrN3O3S/c1-16(29)26-19-8-10-20(11-9-19)27-24(32)28-23(30)18-7-12-22(21(25)15-18)31-14-13-17-5-3-2-4-6-17/h2-12,15H,13-14H2,1H3,(H,26,29)(H2,27,28,30,32). The second-order valence-electron chi connectivity index (χ2n) is 6.90. The maximum Gasteiger partial charge on any atom is 0.257 e. The summed E-state index contributed by atoms with van der Waals surface area (Å²) in [4.78, 5) is 23.6. The van der Waals surface area contributed by atoms with E-state index in [4.69, 9.17) is 17.0 Å². The molecule has 0 radical (unpaired) electrons. The number of thiocarbonyl (C=S) groups is 1. The predicted octanol–water partition coefficient (Wildman–Crippen LogP) is 5.16. The predicted molar refractivity (Wildman–Crippen MR) is 134 cm³/mol. The van der Waals surface area contributed by atoms with Crippen molar-refractivity contribution in [2.45, 2.75) is 13.3 Å². The van der Waals surface area contributed by atoms with Gasteiger partial charge >= 0.3 is 0 Å². The first-order valence-electron chi connectivity index (χ1n) is 9.87. The summed E-state index contributed by atoms with van der Waals surface area (Å²) in [7, 11) is 0. The van der Waals surface area contributed by atoms with E-state index in [9.17, 15) is 9.59 Å². The zero-order valence-electron chi connectivity index (χ0n) is 17.4. The first kappa shape index (κ1) is 23.4. The largest absolute Gasteiger partial charge is 0.492 e. The molecule has 0 aliphatic rings. The summed E-state index contributed by atoms with van der Waals surface area (Å²) in [6.07, 6.45) is 0.793. The van der Waals surface area contributed by atoms with Crippen LogP contribution in [0, 0.1) is 0 Å². The van der Waals surface area contributed by atoms with Crippen LogP contribution in [0.2, 0.25) is 0 Å². The van der Waals surface area contributed by atoms with Gasteiger partial charge in [0, 0.05) is 30.3 Å². The van der Waals surface area contributed by atoms with Gasteiger partial charge in [0.25, 0.3) is 5.91 Å². The van der Waals surface area contributed by atoms with Crippen LogP contribution in [0.1, 0.15) is 22.8 Å². The molecule has 3 aromatic rings. The van der Waals surface area contributed by atoms with E-state index < -0.39 is 0 Å². The van der Waals surface area contributed by atoms with Gasteiger partial charge in [0.2, 0.25) is 5.91 Å². The number of hydrogen-bond acceptors (Lipinski definition) is 4. The third kappa shape index (κ3) is 7.18. The third-order valence-electron chi connectivity index (χ3n) is 4.38. The van der Waals surface area contributed by atoms with Gasteiger partial charge in [0.1, 0.15) is 5.75 Å². The van der Waals surface area contributed by atoms with Crippen LogP contribution in [-0.4, -0.2) is 23.5 Å². The molecule has 0 fully saturated rings. The summed E-state index contributed by atoms with van der Waals surface area (Å²) in [5.74, 6) is 0.179. The molecule has 8 heteroatoms. The van der Waals surface area contributed by atoms with E-state index in [2.05, 4.69) is 44.0 Å². The molecular weight excluding hydrogens is 490 g/mol. The van der Waals surface area contributed by atoms with Gasteiger partial charge in [-0.15, -0.1) is 0 Å². The van der Waals surface area contributed by atoms with Crippen molar-refractivity contribution in [3.63, 3.8) is 0 Å². The van der Waals surface area contributed by atoms with E-state index in [1.807, 2.05) is 18.2 Å². The van der Waals surface area contributed by atoms with Crippen molar-refractivity contribution < 1.29 is 14.3 Å². The Hall–Kier alpha value is -3.23. The van der Waals surface area contributed by atoms with E-state index in [0.29, 0.717) is 33.8 Å². The van der Waals surface area contributed by atoms with E-state index in [1.165, 1.54) is 12.5 Å². The number of hydrogen-bond donors (Lipinski definition) is 3. The summed E-state index contributed by atoms with van der Waals surface area (Å²) in [5, 5.41) is 8.45. The summed E-state index contributed by atoms with van der Waals surface area (Å²) < 4.78 is 6.51. The Balaban J connectivity index is 1.51. The molecule has 3 aromatic carbocycles. The molecule has 0 heterocycles. The molecule has 164 valence electrons. The van der Waals surface area contributed by atoms with Crippen LogP contribution in [0.15, 0.2) is 77.3 Å². The van der Waals surface area contributed by atoms with Gasteiger partial charge in [-0.1, -0.05) is 30.3 Å². The van der Waals surface area contributed by atoms with Gasteiger partial charge in [-0.05, 0) is 76.2 Å². The first-order chi connectivity index (χ1) is 15.4. The Kier molecular flexibility index (Phi) is 8.35. The minimum absolute atomic E-state index is 0.146. The van der Waals surface area contributed by atoms with Gasteiger partial charge in [-0.25, -0.2) is 0 Å². The minimum Gasteiger partial charge on any atom is -0.492 e. The van der Waals surface area contributed by atoms with Crippen molar-refractivity contribution in [2.75, 3.05) is 17.2 Å². The van der Waals surface area contributed by atoms with Crippen molar-refractivity contribution in [1.29, 1.82) is 0 Å². The molecule has 0 unspecified atom stereocenters. The molecule has 0 saturated carbocycles. The van der Waals surface area contributed by atoms with Crippen LogP contribution < -0.4 is 20.7 Å². The number of amides is 2. The van der Waals surface area contributed by atoms with Crippen molar-refractivity contribution in [3.05, 3.63) is 88.4 Å². The van der Waals surface area contributed by atoms with E-state index in [0.717, 1.165) is 6.42 Å². The highest BCUT2D eigenvalue weighted by Crippen LogP contribution is 2.26. The van der Waals surface area contributed by atoms with Crippen LogP contribution in [0.25, 0.3) is 0 Å². The molecule has 0 aliphatic heterocycles. The number of benzene rings is 3. The SMILES string of the molecule is CC(=O)Nc1ccc(NC(=S)NC(=O)c2ccc(OCCc3ccccc3)c(Br)c2)cc1. The van der Waals surface area contributed by atoms with Crippen LogP contribution in [0.5, 0.6) is 5.75 Å². The summed E-state index contributed by atoms with van der Waals surface area (Å²) >= 11 is 8.69. The van der Waals surface area contributed by atoms with Crippen molar-refractivity contribution in [1.82, 2.24) is 5.32 Å². The number of carbonyl (C=O) groups excluding carboxylic acids is 2. The Morgan fingerprint density at radius 1 is 0.938 bits per heavy atom. The minimum atomic E-state index is -0.339. The summed E-state index contributed by atoms with van der Waals surface area (Å²) in [6, 6.07) is 22.2. The van der Waals surface area contributed by atoms with Crippen molar-refractivity contribution in [2.24, 2.45) is 0 Å². The molecule has 3 rings (SSSR count). The molecule has 32 heavy (non-hydrogen) atoms. The number of rotatable bonds is 7. The third-order valence-corrected chi connectivity index (χ3v) is 5.20. The molecule has 6 nitrogen and oxygen atoms in total. The highest BCUT2D eigenvalue weighted by atomic mass is 79.9. The lowest BCUT2D eigenvalue weighted by Crippen LogP contribution is -2.34. The molecule has 0 saturated heterocycles. The second-order valence-corrected chi connectivity index (χ2v) is 8.16. The van der Waals surface area contributed by atoms with Gasteiger partial charge in [0.05, 0.1) is 11.1 Å². The Labute approximate surface area is 200 Å². The Morgan fingerprint density at radius 2 is 1.59 bits per heavy atom. The maximum atomic E-state index is 12.5. The average molecular weight is 512 g/mol. The topological polar surface area (TPSA) is 79.5 Å². The lowest BCUT2D eigenvalue weighted by atomic mass is 10.2. The lowest BCUT2D eigenvalue weighted by Gasteiger charge is -2.12. The number of carbonyl (C=O) groups is 2. The van der Waals surface area contributed by atoms with Gasteiger partial charge in [0.15, 0.2) is 5.11 Å². The lowest BCUT2D eigenvalue weighted by molar-refractivity contribution is -0.114. The molecule has 0 spiro atoms. The molecular formula is C24H22BrN3O3S. The fourth-order valence-electron chi connectivity index (χ4n) is 2.86. The summed E-state index contributed by atoms with van der Waals surface area (Å²) in [5.41, 5.74) is 3.00. The fraction of sp³-hybridized carbons (Fsp3) is 0.125. The van der Waals surface area contributed by atoms with E-state index in [1.54, 1.807) is 42.5 Å². The van der Waals surface area contributed by atoms with Crippen LogP contribution in [-0.2, 0) is 11.2 Å². The van der Waals surface area contributed by atoms with Crippen LogP contribution >= 0.6 is 28.1 Å². The monoisotopic (exact) mass is 511 g/mol. The Bertz CT molecular complexity index is 1110. The zero-order chi connectivity index (χ0) is 22.9. The zero-order valence-corrected chi connectivity index (χ0v) is 19.8. The smallest absolute Gasteiger partial charge is 0.257 e. The molecule has 0 aromatic heterocycles. The van der Waals surface area contributed by atoms with Crippen molar-refractivity contribution >= 4 is 56.4 Å². The number of halogens is 1. The number of anilines is 2. The quantitative estimate of drug-likeness (QED) is 0.382. The number of nitrogens with one attached hydrogen (secondary N) is 3. The summed E-state index contributed by atoms with van der Waals surface area (Å²) in [6.45, 7) is 1.97. The average Bonchev–Trinajstić information content (AvgIpc) is 2.76. The van der Waals surface area contributed by atoms with E-state index >= 15 is 0 Å². The fourth-order valence-corrected chi connectivity index (χ4v) is 3.56. The number of ether oxygens (including phenoxy) is 1. The molecule has 0 bridgehead atoms. The van der Waals surface area contributed by atoms with E-state index in [-0.39, 0.29) is 16.9 Å². The van der Waals surface area contributed by atoms with Crippen molar-refractivity contribution in [3.8, 4) is 5.75 Å². The van der Waals surface area contributed by atoms with Gasteiger partial charge in [-0.2, -0.15) is 0 Å². The first-order valence-corrected chi connectivity index (χ1v) is 11.1. The van der Waals surface area contributed by atoms with Gasteiger partial charge in [-0.3, -0.25) is 14.9 Å². The molecule has 0 atom stereocenters. The van der Waals surface area contributed by atoms with Crippen LogP contribution in [0.4, 0.5) is 11.4 Å². The molecule has 3 N–H and O–H groups in total. The second kappa shape index (κ2) is 11.4. The normalized spacial score (nSPS) is 10.2. The highest BCUT2D eigenvalue weighted by Gasteiger charge is 2.11. The van der Waals surface area contributed by atoms with Crippen LogP contribution in [0.3, 0.4) is 0 Å². The Morgan fingerprint density at radius 3 is 2.22 bits per heavy atom.